The Morgan fingerprint density at radius 2 is 1.89 bits per heavy atom. The van der Waals surface area contributed by atoms with Gasteiger partial charge in [-0.1, -0.05) is 50.1 Å². The Morgan fingerprint density at radius 3 is 2.39 bits per heavy atom. The van der Waals surface area contributed by atoms with Crippen LogP contribution in [-0.4, -0.2) is 24.7 Å². The maximum absolute atomic E-state index is 12.1. The second-order valence-corrected chi connectivity index (χ2v) is 6.45. The van der Waals surface area contributed by atoms with Gasteiger partial charge < -0.3 is 5.11 Å². The van der Waals surface area contributed by atoms with Crippen LogP contribution in [0.4, 0.5) is 0 Å². The molecule has 0 aliphatic heterocycles. The average Bonchev–Trinajstić information content (AvgIpc) is 2.29. The van der Waals surface area contributed by atoms with Crippen LogP contribution in [0.3, 0.4) is 0 Å². The zero-order chi connectivity index (χ0) is 13.6. The number of carboxylic acids is 1. The van der Waals surface area contributed by atoms with Crippen molar-refractivity contribution < 1.29 is 18.3 Å². The topological polar surface area (TPSA) is 71.4 Å². The summed E-state index contributed by atoms with van der Waals surface area (Å²) < 4.78 is 24.1. The Balaban J connectivity index is 2.85. The maximum Gasteiger partial charge on any atom is 0.321 e. The lowest BCUT2D eigenvalue weighted by atomic mass is 10.2. The lowest BCUT2D eigenvalue weighted by molar-refractivity contribution is -0.136. The number of carboxylic acid groups (broad SMARTS) is 1. The van der Waals surface area contributed by atoms with E-state index in [1.807, 2.05) is 6.92 Å². The molecule has 1 rings (SSSR count). The zero-order valence-corrected chi connectivity index (χ0v) is 11.2. The fourth-order valence-corrected chi connectivity index (χ4v) is 3.44. The van der Waals surface area contributed by atoms with Gasteiger partial charge in [0.15, 0.2) is 15.1 Å². The standard InChI is InChI=1S/C13H18O4S/c1-2-3-9-12(13(14)15)18(16,17)10-11-7-5-4-6-8-11/h4-8,12H,2-3,9-10H2,1H3,(H,14,15). The number of hydrogen-bond donors (Lipinski definition) is 1. The van der Waals surface area contributed by atoms with Crippen molar-refractivity contribution in [3.63, 3.8) is 0 Å². The highest BCUT2D eigenvalue weighted by Crippen LogP contribution is 2.16. The van der Waals surface area contributed by atoms with Crippen LogP contribution >= 0.6 is 0 Å². The molecular weight excluding hydrogens is 252 g/mol. The Morgan fingerprint density at radius 1 is 1.28 bits per heavy atom. The van der Waals surface area contributed by atoms with E-state index >= 15 is 0 Å². The van der Waals surface area contributed by atoms with E-state index in [2.05, 4.69) is 0 Å². The van der Waals surface area contributed by atoms with Gasteiger partial charge in [0.25, 0.3) is 0 Å². The zero-order valence-electron chi connectivity index (χ0n) is 10.4. The molecule has 0 saturated heterocycles. The molecule has 18 heavy (non-hydrogen) atoms. The second-order valence-electron chi connectivity index (χ2n) is 4.26. The maximum atomic E-state index is 12.1. The number of sulfone groups is 1. The molecular formula is C13H18O4S. The molecule has 0 aromatic heterocycles. The number of benzene rings is 1. The molecule has 0 spiro atoms. The summed E-state index contributed by atoms with van der Waals surface area (Å²) in [5.74, 6) is -1.46. The van der Waals surface area contributed by atoms with Crippen molar-refractivity contribution in [1.82, 2.24) is 0 Å². The van der Waals surface area contributed by atoms with Crippen LogP contribution in [0.1, 0.15) is 31.7 Å². The van der Waals surface area contributed by atoms with Gasteiger partial charge in [-0.15, -0.1) is 0 Å². The SMILES string of the molecule is CCCCC(C(=O)O)S(=O)(=O)Cc1ccccc1. The lowest BCUT2D eigenvalue weighted by Gasteiger charge is -2.13. The molecule has 1 unspecified atom stereocenters. The molecule has 1 aromatic rings. The summed E-state index contributed by atoms with van der Waals surface area (Å²) in [5, 5.41) is 7.74. The number of rotatable bonds is 7. The molecule has 0 bridgehead atoms. The predicted molar refractivity (Wildman–Crippen MR) is 70.0 cm³/mol. The van der Waals surface area contributed by atoms with E-state index in [0.29, 0.717) is 12.0 Å². The molecule has 0 fully saturated rings. The van der Waals surface area contributed by atoms with Crippen LogP contribution in [-0.2, 0) is 20.4 Å². The second kappa shape index (κ2) is 6.54. The van der Waals surface area contributed by atoms with E-state index in [4.69, 9.17) is 5.11 Å². The van der Waals surface area contributed by atoms with Gasteiger partial charge in [0, 0.05) is 0 Å². The first-order valence-electron chi connectivity index (χ1n) is 5.95. The van der Waals surface area contributed by atoms with Gasteiger partial charge in [0.1, 0.15) is 0 Å². The average molecular weight is 270 g/mol. The van der Waals surface area contributed by atoms with Gasteiger partial charge in [-0.25, -0.2) is 8.42 Å². The van der Waals surface area contributed by atoms with E-state index in [1.54, 1.807) is 30.3 Å². The molecule has 0 aliphatic carbocycles. The summed E-state index contributed by atoms with van der Waals surface area (Å²) in [6, 6.07) is 8.66. The normalized spacial score (nSPS) is 13.2. The van der Waals surface area contributed by atoms with Gasteiger partial charge in [0.2, 0.25) is 0 Å². The molecule has 4 nitrogen and oxygen atoms in total. The van der Waals surface area contributed by atoms with Crippen LogP contribution in [0, 0.1) is 0 Å². The molecule has 1 aromatic carbocycles. The highest BCUT2D eigenvalue weighted by atomic mass is 32.2. The van der Waals surface area contributed by atoms with Gasteiger partial charge in [-0.2, -0.15) is 0 Å². The molecule has 1 N–H and O–H groups in total. The minimum Gasteiger partial charge on any atom is -0.480 e. The summed E-state index contributed by atoms with van der Waals surface area (Å²) >= 11 is 0. The third-order valence-corrected chi connectivity index (χ3v) is 4.78. The smallest absolute Gasteiger partial charge is 0.321 e. The summed E-state index contributed by atoms with van der Waals surface area (Å²) in [6.07, 6.45) is 1.57. The molecule has 0 heterocycles. The minimum absolute atomic E-state index is 0.182. The third kappa shape index (κ3) is 4.14. The number of unbranched alkanes of at least 4 members (excludes halogenated alkanes) is 1. The number of aliphatic carboxylic acids is 1. The summed E-state index contributed by atoms with van der Waals surface area (Å²) in [5.41, 5.74) is 0.625. The van der Waals surface area contributed by atoms with Crippen LogP contribution in [0.5, 0.6) is 0 Å². The molecule has 0 radical (unpaired) electrons. The van der Waals surface area contributed by atoms with Crippen LogP contribution in [0.2, 0.25) is 0 Å². The predicted octanol–water partition coefficient (Wildman–Crippen LogP) is 2.24. The quantitative estimate of drug-likeness (QED) is 0.824. The number of carbonyl (C=O) groups is 1. The van der Waals surface area contributed by atoms with Gasteiger partial charge in [-0.05, 0) is 12.0 Å². The monoisotopic (exact) mass is 270 g/mol. The highest BCUT2D eigenvalue weighted by Gasteiger charge is 2.31. The van der Waals surface area contributed by atoms with Crippen molar-refractivity contribution in [2.75, 3.05) is 0 Å². The van der Waals surface area contributed by atoms with E-state index in [1.165, 1.54) is 0 Å². The van der Waals surface area contributed by atoms with Crippen LogP contribution in [0.25, 0.3) is 0 Å². The lowest BCUT2D eigenvalue weighted by Crippen LogP contribution is -2.31. The van der Waals surface area contributed by atoms with E-state index in [9.17, 15) is 13.2 Å². The number of hydrogen-bond acceptors (Lipinski definition) is 3. The Kier molecular flexibility index (Phi) is 5.34. The summed E-state index contributed by atoms with van der Waals surface area (Å²) in [4.78, 5) is 11.1. The third-order valence-electron chi connectivity index (χ3n) is 2.74. The molecule has 5 heteroatoms. The van der Waals surface area contributed by atoms with Crippen molar-refractivity contribution in [2.24, 2.45) is 0 Å². The Hall–Kier alpha value is -1.36. The van der Waals surface area contributed by atoms with E-state index < -0.39 is 21.1 Å². The van der Waals surface area contributed by atoms with Gasteiger partial charge in [-0.3, -0.25) is 4.79 Å². The van der Waals surface area contributed by atoms with E-state index in [-0.39, 0.29) is 12.2 Å². The molecule has 0 saturated carbocycles. The first-order chi connectivity index (χ1) is 8.47. The first-order valence-corrected chi connectivity index (χ1v) is 7.67. The van der Waals surface area contributed by atoms with E-state index in [0.717, 1.165) is 6.42 Å². The Labute approximate surface area is 108 Å². The first kappa shape index (κ1) is 14.7. The largest absolute Gasteiger partial charge is 0.480 e. The van der Waals surface area contributed by atoms with Crippen molar-refractivity contribution in [3.8, 4) is 0 Å². The van der Waals surface area contributed by atoms with Crippen molar-refractivity contribution in [1.29, 1.82) is 0 Å². The van der Waals surface area contributed by atoms with Crippen LogP contribution < -0.4 is 0 Å². The van der Waals surface area contributed by atoms with Gasteiger partial charge in [0.05, 0.1) is 5.75 Å². The van der Waals surface area contributed by atoms with Crippen molar-refractivity contribution in [2.45, 2.75) is 37.2 Å². The summed E-state index contributed by atoms with van der Waals surface area (Å²) in [6.45, 7) is 1.91. The minimum atomic E-state index is -3.65. The molecule has 0 amide bonds. The van der Waals surface area contributed by atoms with Crippen molar-refractivity contribution >= 4 is 15.8 Å². The highest BCUT2D eigenvalue weighted by molar-refractivity contribution is 7.92. The molecule has 1 atom stereocenters. The molecule has 100 valence electrons. The summed E-state index contributed by atoms with van der Waals surface area (Å²) in [7, 11) is -3.65. The fourth-order valence-electron chi connectivity index (χ4n) is 1.75. The fraction of sp³-hybridized carbons (Fsp3) is 0.462. The Bertz CT molecular complexity index is 479. The van der Waals surface area contributed by atoms with Crippen molar-refractivity contribution in [3.05, 3.63) is 35.9 Å². The van der Waals surface area contributed by atoms with Crippen LogP contribution in [0.15, 0.2) is 30.3 Å². The van der Waals surface area contributed by atoms with Gasteiger partial charge >= 0.3 is 5.97 Å². The molecule has 0 aliphatic rings.